The highest BCUT2D eigenvalue weighted by molar-refractivity contribution is 5.85. The minimum absolute atomic E-state index is 0.241. The van der Waals surface area contributed by atoms with Crippen molar-refractivity contribution in [3.8, 4) is 0 Å². The van der Waals surface area contributed by atoms with Crippen LogP contribution >= 0.6 is 0 Å². The zero-order chi connectivity index (χ0) is 18.4. The van der Waals surface area contributed by atoms with Gasteiger partial charge in [0.25, 0.3) is 0 Å². The number of carbonyl (C=O) groups excluding carboxylic acids is 2. The standard InChI is InChI=1S/C18H26O7/c1-3-5-6-8-14(19)23-13-10-9-12-17(24-12)16(21)15(20)11(7-4-2)25-18(13)22/h3,5-6,8,11-13,15-17,20-21H,4,7,9-10H2,1-2H3/b5-3+,8-6+/t11-,12?,13+,15-,16-,17?/m1/s1. The van der Waals surface area contributed by atoms with Crippen LogP contribution in [0.5, 0.6) is 0 Å². The van der Waals surface area contributed by atoms with Gasteiger partial charge in [0.05, 0.1) is 6.10 Å². The third kappa shape index (κ3) is 5.39. The van der Waals surface area contributed by atoms with Crippen LogP contribution in [-0.2, 0) is 23.8 Å². The molecule has 2 aliphatic heterocycles. The lowest BCUT2D eigenvalue weighted by atomic mass is 9.97. The number of hydrogen-bond donors (Lipinski definition) is 2. The third-order valence-corrected chi connectivity index (χ3v) is 4.30. The lowest BCUT2D eigenvalue weighted by Gasteiger charge is -2.28. The molecule has 0 radical (unpaired) electrons. The van der Waals surface area contributed by atoms with Gasteiger partial charge < -0.3 is 24.4 Å². The molecule has 7 heteroatoms. The highest BCUT2D eigenvalue weighted by Crippen LogP contribution is 2.34. The normalized spacial score (nSPS) is 36.1. The Balaban J connectivity index is 2.07. The van der Waals surface area contributed by atoms with Gasteiger partial charge in [-0.1, -0.05) is 31.6 Å². The fourth-order valence-corrected chi connectivity index (χ4v) is 2.88. The van der Waals surface area contributed by atoms with E-state index in [2.05, 4.69) is 0 Å². The molecule has 2 unspecified atom stereocenters. The number of allylic oxidation sites excluding steroid dienone is 3. The molecule has 0 saturated carbocycles. The number of cyclic esters (lactones) is 1. The molecule has 2 fully saturated rings. The molecule has 0 aromatic carbocycles. The number of carbonyl (C=O) groups is 2. The number of esters is 2. The highest BCUT2D eigenvalue weighted by Gasteiger charge is 2.50. The van der Waals surface area contributed by atoms with E-state index >= 15 is 0 Å². The molecule has 2 aliphatic rings. The smallest absolute Gasteiger partial charge is 0.347 e. The monoisotopic (exact) mass is 354 g/mol. The van der Waals surface area contributed by atoms with Crippen molar-refractivity contribution in [2.75, 3.05) is 0 Å². The van der Waals surface area contributed by atoms with Gasteiger partial charge in [-0.05, 0) is 26.2 Å². The summed E-state index contributed by atoms with van der Waals surface area (Å²) in [5, 5.41) is 20.4. The zero-order valence-electron chi connectivity index (χ0n) is 14.5. The second kappa shape index (κ2) is 9.12. The Labute approximate surface area is 147 Å². The summed E-state index contributed by atoms with van der Waals surface area (Å²) in [6.45, 7) is 3.69. The number of fused-ring (bicyclic) bond motifs is 1. The fourth-order valence-electron chi connectivity index (χ4n) is 2.88. The highest BCUT2D eigenvalue weighted by atomic mass is 16.6. The first-order chi connectivity index (χ1) is 12.0. The van der Waals surface area contributed by atoms with E-state index in [4.69, 9.17) is 14.2 Å². The van der Waals surface area contributed by atoms with Gasteiger partial charge in [-0.25, -0.2) is 9.59 Å². The molecule has 2 N–H and O–H groups in total. The molecule has 0 amide bonds. The molecular formula is C18H26O7. The van der Waals surface area contributed by atoms with Gasteiger partial charge in [0.1, 0.15) is 24.4 Å². The van der Waals surface area contributed by atoms with Crippen molar-refractivity contribution in [2.45, 2.75) is 76.2 Å². The molecule has 6 atom stereocenters. The van der Waals surface area contributed by atoms with Gasteiger partial charge in [-0.3, -0.25) is 0 Å². The number of epoxide rings is 1. The minimum atomic E-state index is -1.23. The molecule has 2 saturated heterocycles. The van der Waals surface area contributed by atoms with Crippen LogP contribution in [0.4, 0.5) is 0 Å². The zero-order valence-corrected chi connectivity index (χ0v) is 14.5. The molecule has 0 aromatic heterocycles. The topological polar surface area (TPSA) is 106 Å². The number of ether oxygens (including phenoxy) is 3. The first kappa shape index (κ1) is 19.6. The Hall–Kier alpha value is -1.70. The van der Waals surface area contributed by atoms with Gasteiger partial charge in [0.15, 0.2) is 6.10 Å². The van der Waals surface area contributed by atoms with Crippen molar-refractivity contribution in [3.05, 3.63) is 24.3 Å². The van der Waals surface area contributed by atoms with Crippen LogP contribution in [0, 0.1) is 0 Å². The Kier molecular flexibility index (Phi) is 7.16. The second-order valence-electron chi connectivity index (χ2n) is 6.27. The molecule has 0 bridgehead atoms. The molecule has 0 aromatic rings. The quantitative estimate of drug-likeness (QED) is 0.329. The Bertz CT molecular complexity index is 528. The molecule has 2 heterocycles. The van der Waals surface area contributed by atoms with Gasteiger partial charge >= 0.3 is 11.9 Å². The van der Waals surface area contributed by atoms with E-state index in [0.29, 0.717) is 19.3 Å². The Morgan fingerprint density at radius 3 is 2.72 bits per heavy atom. The molecule has 0 spiro atoms. The Morgan fingerprint density at radius 1 is 1.28 bits per heavy atom. The second-order valence-corrected chi connectivity index (χ2v) is 6.27. The molecule has 25 heavy (non-hydrogen) atoms. The van der Waals surface area contributed by atoms with E-state index in [0.717, 1.165) is 0 Å². The molecule has 7 nitrogen and oxygen atoms in total. The molecule has 2 rings (SSSR count). The number of aliphatic hydroxyl groups excluding tert-OH is 2. The fraction of sp³-hybridized carbons (Fsp3) is 0.667. The van der Waals surface area contributed by atoms with E-state index in [1.165, 1.54) is 12.2 Å². The molecule has 0 aliphatic carbocycles. The average Bonchev–Trinajstić information content (AvgIpc) is 3.36. The number of hydrogen-bond acceptors (Lipinski definition) is 7. The summed E-state index contributed by atoms with van der Waals surface area (Å²) in [6.07, 6.45) is 2.91. The van der Waals surface area contributed by atoms with Crippen molar-refractivity contribution < 1.29 is 34.0 Å². The summed E-state index contributed by atoms with van der Waals surface area (Å²) in [6, 6.07) is 0. The molecular weight excluding hydrogens is 328 g/mol. The summed E-state index contributed by atoms with van der Waals surface area (Å²) >= 11 is 0. The van der Waals surface area contributed by atoms with E-state index in [1.807, 2.05) is 13.8 Å². The molecule has 140 valence electrons. The number of aliphatic hydroxyl groups is 2. The summed E-state index contributed by atoms with van der Waals surface area (Å²) in [7, 11) is 0. The van der Waals surface area contributed by atoms with E-state index in [-0.39, 0.29) is 12.5 Å². The van der Waals surface area contributed by atoms with Crippen LogP contribution < -0.4 is 0 Å². The number of rotatable bonds is 5. The van der Waals surface area contributed by atoms with Crippen LogP contribution in [0.1, 0.15) is 39.5 Å². The van der Waals surface area contributed by atoms with Crippen molar-refractivity contribution in [2.24, 2.45) is 0 Å². The van der Waals surface area contributed by atoms with Crippen LogP contribution in [0.25, 0.3) is 0 Å². The largest absolute Gasteiger partial charge is 0.457 e. The third-order valence-electron chi connectivity index (χ3n) is 4.30. The van der Waals surface area contributed by atoms with Crippen molar-refractivity contribution >= 4 is 11.9 Å². The van der Waals surface area contributed by atoms with Crippen molar-refractivity contribution in [3.63, 3.8) is 0 Å². The van der Waals surface area contributed by atoms with Gasteiger partial charge in [0.2, 0.25) is 0 Å². The lowest BCUT2D eigenvalue weighted by Crippen LogP contribution is -2.46. The van der Waals surface area contributed by atoms with Crippen LogP contribution in [0.3, 0.4) is 0 Å². The van der Waals surface area contributed by atoms with Gasteiger partial charge in [0, 0.05) is 6.08 Å². The average molecular weight is 354 g/mol. The van der Waals surface area contributed by atoms with Crippen molar-refractivity contribution in [1.82, 2.24) is 0 Å². The SMILES string of the molecule is C/C=C/C=C/C(=O)O[C@H]1CCC2OC2[C@H](O)[C@H](O)[C@@H](CCC)OC1=O. The Morgan fingerprint density at radius 2 is 2.04 bits per heavy atom. The maximum Gasteiger partial charge on any atom is 0.347 e. The van der Waals surface area contributed by atoms with Gasteiger partial charge in [-0.15, -0.1) is 0 Å². The van der Waals surface area contributed by atoms with Crippen LogP contribution in [0.2, 0.25) is 0 Å². The summed E-state index contributed by atoms with van der Waals surface area (Å²) in [4.78, 5) is 24.2. The summed E-state index contributed by atoms with van der Waals surface area (Å²) in [5.41, 5.74) is 0. The van der Waals surface area contributed by atoms with Crippen molar-refractivity contribution in [1.29, 1.82) is 0 Å². The first-order valence-corrected chi connectivity index (χ1v) is 8.70. The van der Waals surface area contributed by atoms with E-state index < -0.39 is 42.5 Å². The lowest BCUT2D eigenvalue weighted by molar-refractivity contribution is -0.178. The maximum absolute atomic E-state index is 12.4. The van der Waals surface area contributed by atoms with Crippen LogP contribution in [0.15, 0.2) is 24.3 Å². The summed E-state index contributed by atoms with van der Waals surface area (Å²) < 4.78 is 15.9. The van der Waals surface area contributed by atoms with Gasteiger partial charge in [-0.2, -0.15) is 0 Å². The maximum atomic E-state index is 12.4. The first-order valence-electron chi connectivity index (χ1n) is 8.70. The predicted octanol–water partition coefficient (Wildman–Crippen LogP) is 1.03. The predicted molar refractivity (Wildman–Crippen MR) is 88.5 cm³/mol. The minimum Gasteiger partial charge on any atom is -0.457 e. The summed E-state index contributed by atoms with van der Waals surface area (Å²) in [5.74, 6) is -1.35. The van der Waals surface area contributed by atoms with Crippen LogP contribution in [-0.4, -0.2) is 58.8 Å². The van der Waals surface area contributed by atoms with E-state index in [1.54, 1.807) is 12.2 Å². The van der Waals surface area contributed by atoms with E-state index in [9.17, 15) is 19.8 Å².